The SMILES string of the molecule is C1CCC(C[NH+]2CCCCC2C2CCCCN2)CC1. The molecule has 0 radical (unpaired) electrons. The van der Waals surface area contributed by atoms with Crippen LogP contribution in [0.25, 0.3) is 0 Å². The summed E-state index contributed by atoms with van der Waals surface area (Å²) in [5, 5.41) is 3.84. The van der Waals surface area contributed by atoms with E-state index < -0.39 is 0 Å². The predicted octanol–water partition coefficient (Wildman–Crippen LogP) is 2.15. The molecule has 0 bridgehead atoms. The first-order chi connectivity index (χ1) is 9.43. The largest absolute Gasteiger partial charge is 0.331 e. The smallest absolute Gasteiger partial charge is 0.103 e. The predicted molar refractivity (Wildman–Crippen MR) is 80.6 cm³/mol. The van der Waals surface area contributed by atoms with Gasteiger partial charge in [-0.15, -0.1) is 0 Å². The standard InChI is InChI=1S/C17H32N2/c1-2-8-15(9-3-1)14-19-13-7-5-11-17(19)16-10-4-6-12-18-16/h15-18H,1-14H2/p+1. The minimum absolute atomic E-state index is 0.840. The number of piperidine rings is 2. The van der Waals surface area contributed by atoms with E-state index >= 15 is 0 Å². The Kier molecular flexibility index (Phi) is 5.17. The van der Waals surface area contributed by atoms with Crippen LogP contribution >= 0.6 is 0 Å². The summed E-state index contributed by atoms with van der Waals surface area (Å²) in [6.45, 7) is 4.22. The molecule has 3 atom stereocenters. The molecule has 0 spiro atoms. The Morgan fingerprint density at radius 2 is 1.58 bits per heavy atom. The Bertz CT molecular complexity index is 254. The number of nitrogens with one attached hydrogen (secondary N) is 2. The van der Waals surface area contributed by atoms with Crippen molar-refractivity contribution < 1.29 is 4.90 Å². The maximum absolute atomic E-state index is 3.84. The van der Waals surface area contributed by atoms with Gasteiger partial charge in [-0.2, -0.15) is 0 Å². The van der Waals surface area contributed by atoms with Gasteiger partial charge in [-0.1, -0.05) is 25.7 Å². The normalized spacial score (nSPS) is 38.2. The van der Waals surface area contributed by atoms with Crippen LogP contribution in [-0.4, -0.2) is 31.7 Å². The van der Waals surface area contributed by atoms with Gasteiger partial charge in [0.1, 0.15) is 6.04 Å². The maximum Gasteiger partial charge on any atom is 0.103 e. The van der Waals surface area contributed by atoms with Crippen LogP contribution in [0.4, 0.5) is 0 Å². The van der Waals surface area contributed by atoms with Crippen LogP contribution in [0.5, 0.6) is 0 Å². The molecular weight excluding hydrogens is 232 g/mol. The molecule has 19 heavy (non-hydrogen) atoms. The van der Waals surface area contributed by atoms with Crippen LogP contribution in [0, 0.1) is 5.92 Å². The molecule has 3 fully saturated rings. The highest BCUT2D eigenvalue weighted by atomic mass is 15.2. The highest BCUT2D eigenvalue weighted by Gasteiger charge is 2.35. The molecule has 110 valence electrons. The fourth-order valence-electron chi connectivity index (χ4n) is 4.83. The van der Waals surface area contributed by atoms with Gasteiger partial charge in [0.2, 0.25) is 0 Å². The monoisotopic (exact) mass is 265 g/mol. The van der Waals surface area contributed by atoms with Crippen molar-refractivity contribution in [3.63, 3.8) is 0 Å². The minimum atomic E-state index is 0.840. The van der Waals surface area contributed by atoms with E-state index in [0.29, 0.717) is 0 Å². The molecule has 1 aliphatic carbocycles. The molecular formula is C17H33N2+. The third kappa shape index (κ3) is 3.72. The van der Waals surface area contributed by atoms with Gasteiger partial charge in [0.15, 0.2) is 0 Å². The van der Waals surface area contributed by atoms with Crippen LogP contribution in [0.3, 0.4) is 0 Å². The van der Waals surface area contributed by atoms with Gasteiger partial charge in [-0.05, 0) is 45.1 Å². The Hall–Kier alpha value is -0.0800. The van der Waals surface area contributed by atoms with Crippen molar-refractivity contribution in [1.82, 2.24) is 5.32 Å². The highest BCUT2D eigenvalue weighted by molar-refractivity contribution is 4.81. The van der Waals surface area contributed by atoms with Gasteiger partial charge in [0.05, 0.1) is 19.1 Å². The van der Waals surface area contributed by atoms with Crippen molar-refractivity contribution in [3.8, 4) is 0 Å². The van der Waals surface area contributed by atoms with Crippen molar-refractivity contribution >= 4 is 0 Å². The van der Waals surface area contributed by atoms with Crippen molar-refractivity contribution in [3.05, 3.63) is 0 Å². The van der Waals surface area contributed by atoms with Crippen molar-refractivity contribution in [1.29, 1.82) is 0 Å². The molecule has 2 nitrogen and oxygen atoms in total. The molecule has 0 aromatic rings. The summed E-state index contributed by atoms with van der Waals surface area (Å²) in [6.07, 6.45) is 16.3. The first-order valence-electron chi connectivity index (χ1n) is 9.01. The summed E-state index contributed by atoms with van der Waals surface area (Å²) in [5.74, 6) is 1.05. The van der Waals surface area contributed by atoms with Crippen molar-refractivity contribution in [2.45, 2.75) is 82.7 Å². The topological polar surface area (TPSA) is 16.5 Å². The third-order valence-electron chi connectivity index (χ3n) is 5.90. The molecule has 0 aromatic heterocycles. The first kappa shape index (κ1) is 13.9. The lowest BCUT2D eigenvalue weighted by atomic mass is 9.85. The van der Waals surface area contributed by atoms with Crippen LogP contribution in [0.2, 0.25) is 0 Å². The number of quaternary nitrogens is 1. The zero-order valence-corrected chi connectivity index (χ0v) is 12.6. The lowest BCUT2D eigenvalue weighted by molar-refractivity contribution is -0.935. The summed E-state index contributed by atoms with van der Waals surface area (Å²) in [6, 6.07) is 1.78. The number of hydrogen-bond acceptors (Lipinski definition) is 1. The summed E-state index contributed by atoms with van der Waals surface area (Å²) >= 11 is 0. The van der Waals surface area contributed by atoms with E-state index in [2.05, 4.69) is 5.32 Å². The quantitative estimate of drug-likeness (QED) is 0.799. The second kappa shape index (κ2) is 7.08. The van der Waals surface area contributed by atoms with E-state index in [-0.39, 0.29) is 0 Å². The molecule has 0 amide bonds. The molecule has 2 heteroatoms. The lowest BCUT2D eigenvalue weighted by Crippen LogP contribution is -3.18. The Labute approximate surface area is 119 Å². The third-order valence-corrected chi connectivity index (χ3v) is 5.90. The summed E-state index contributed by atoms with van der Waals surface area (Å²) in [5.41, 5.74) is 0. The number of likely N-dealkylation sites (tertiary alicyclic amines) is 1. The summed E-state index contributed by atoms with van der Waals surface area (Å²) in [7, 11) is 0. The molecule has 1 saturated carbocycles. The summed E-state index contributed by atoms with van der Waals surface area (Å²) in [4.78, 5) is 1.97. The fourth-order valence-corrected chi connectivity index (χ4v) is 4.83. The molecule has 3 aliphatic rings. The zero-order valence-electron chi connectivity index (χ0n) is 12.6. The van der Waals surface area contributed by atoms with Crippen LogP contribution in [0.15, 0.2) is 0 Å². The minimum Gasteiger partial charge on any atom is -0.331 e. The van der Waals surface area contributed by atoms with Gasteiger partial charge in [0, 0.05) is 12.3 Å². The number of rotatable bonds is 3. The second-order valence-corrected chi connectivity index (χ2v) is 7.28. The second-order valence-electron chi connectivity index (χ2n) is 7.28. The average Bonchev–Trinajstić information content (AvgIpc) is 2.50. The van der Waals surface area contributed by atoms with Crippen LogP contribution < -0.4 is 10.2 Å². The van der Waals surface area contributed by atoms with Crippen molar-refractivity contribution in [2.75, 3.05) is 19.6 Å². The fraction of sp³-hybridized carbons (Fsp3) is 1.00. The van der Waals surface area contributed by atoms with E-state index in [1.807, 2.05) is 4.90 Å². The van der Waals surface area contributed by atoms with Crippen LogP contribution in [-0.2, 0) is 0 Å². The molecule has 2 heterocycles. The van der Waals surface area contributed by atoms with Gasteiger partial charge < -0.3 is 10.2 Å². The van der Waals surface area contributed by atoms with Gasteiger partial charge in [-0.3, -0.25) is 0 Å². The first-order valence-corrected chi connectivity index (χ1v) is 9.01. The molecule has 0 aromatic carbocycles. The van der Waals surface area contributed by atoms with Gasteiger partial charge >= 0.3 is 0 Å². The maximum atomic E-state index is 3.84. The van der Waals surface area contributed by atoms with Gasteiger partial charge in [0.25, 0.3) is 0 Å². The Balaban J connectivity index is 1.56. The van der Waals surface area contributed by atoms with E-state index in [0.717, 1.165) is 18.0 Å². The van der Waals surface area contributed by atoms with E-state index in [1.54, 1.807) is 0 Å². The Morgan fingerprint density at radius 1 is 0.789 bits per heavy atom. The Morgan fingerprint density at radius 3 is 2.37 bits per heavy atom. The van der Waals surface area contributed by atoms with E-state index in [9.17, 15) is 0 Å². The van der Waals surface area contributed by atoms with E-state index in [4.69, 9.17) is 0 Å². The molecule has 2 saturated heterocycles. The zero-order chi connectivity index (χ0) is 12.9. The van der Waals surface area contributed by atoms with E-state index in [1.165, 1.54) is 90.3 Å². The highest BCUT2D eigenvalue weighted by Crippen LogP contribution is 2.23. The summed E-state index contributed by atoms with van der Waals surface area (Å²) < 4.78 is 0. The molecule has 2 aliphatic heterocycles. The van der Waals surface area contributed by atoms with Crippen LogP contribution in [0.1, 0.15) is 70.6 Å². The molecule has 2 N–H and O–H groups in total. The molecule has 3 unspecified atom stereocenters. The number of hydrogen-bond donors (Lipinski definition) is 2. The molecule has 3 rings (SSSR count). The van der Waals surface area contributed by atoms with Crippen molar-refractivity contribution in [2.24, 2.45) is 5.92 Å². The average molecular weight is 265 g/mol. The lowest BCUT2D eigenvalue weighted by Gasteiger charge is -2.41. The van der Waals surface area contributed by atoms with Gasteiger partial charge in [-0.25, -0.2) is 0 Å².